The molecule has 1 aliphatic heterocycles. The van der Waals surface area contributed by atoms with Gasteiger partial charge in [-0.25, -0.2) is 0 Å². The molecule has 2 atom stereocenters. The number of hydrogen-bond donors (Lipinski definition) is 1. The van der Waals surface area contributed by atoms with Crippen molar-refractivity contribution in [2.24, 2.45) is 0 Å². The van der Waals surface area contributed by atoms with E-state index in [1.807, 2.05) is 68.4 Å². The van der Waals surface area contributed by atoms with Crippen LogP contribution >= 0.6 is 15.9 Å². The summed E-state index contributed by atoms with van der Waals surface area (Å²) in [5, 5.41) is 3.07. The van der Waals surface area contributed by atoms with Gasteiger partial charge in [-0.3, -0.25) is 24.1 Å². The van der Waals surface area contributed by atoms with Gasteiger partial charge >= 0.3 is 0 Å². The van der Waals surface area contributed by atoms with E-state index in [4.69, 9.17) is 0 Å². The molecular formula is C32H34BrN3O4. The van der Waals surface area contributed by atoms with Crippen molar-refractivity contribution in [3.63, 3.8) is 0 Å². The molecular weight excluding hydrogens is 570 g/mol. The van der Waals surface area contributed by atoms with Gasteiger partial charge in [-0.05, 0) is 55.2 Å². The van der Waals surface area contributed by atoms with Crippen LogP contribution in [0.15, 0.2) is 83.3 Å². The maximum absolute atomic E-state index is 13.8. The molecule has 1 heterocycles. The molecule has 1 aliphatic rings. The van der Waals surface area contributed by atoms with Crippen molar-refractivity contribution in [3.8, 4) is 0 Å². The Labute approximate surface area is 243 Å². The number of fused-ring (bicyclic) bond motifs is 1. The molecule has 0 unspecified atom stereocenters. The molecule has 3 aromatic carbocycles. The first-order valence-electron chi connectivity index (χ1n) is 13.6. The largest absolute Gasteiger partial charge is 0.352 e. The van der Waals surface area contributed by atoms with E-state index in [0.717, 1.165) is 22.0 Å². The summed E-state index contributed by atoms with van der Waals surface area (Å²) in [6.45, 7) is 4.32. The maximum Gasteiger partial charge on any atom is 0.261 e. The third-order valence-corrected chi connectivity index (χ3v) is 7.66. The average Bonchev–Trinajstić information content (AvgIpc) is 3.20. The Bertz CT molecular complexity index is 1340. The van der Waals surface area contributed by atoms with Crippen LogP contribution in [0.25, 0.3) is 0 Å². The molecule has 40 heavy (non-hydrogen) atoms. The Morgan fingerprint density at radius 3 is 2.15 bits per heavy atom. The third kappa shape index (κ3) is 7.04. The van der Waals surface area contributed by atoms with E-state index in [2.05, 4.69) is 21.2 Å². The molecule has 1 N–H and O–H groups in total. The van der Waals surface area contributed by atoms with Gasteiger partial charge in [-0.1, -0.05) is 77.5 Å². The summed E-state index contributed by atoms with van der Waals surface area (Å²) in [6.07, 6.45) is 1.51. The third-order valence-electron chi connectivity index (χ3n) is 7.16. The quantitative estimate of drug-likeness (QED) is 0.282. The van der Waals surface area contributed by atoms with E-state index < -0.39 is 6.04 Å². The van der Waals surface area contributed by atoms with Gasteiger partial charge in [-0.2, -0.15) is 0 Å². The molecule has 0 spiro atoms. The molecule has 3 aromatic rings. The molecule has 0 saturated heterocycles. The molecule has 0 fully saturated rings. The fraction of sp³-hybridized carbons (Fsp3) is 0.312. The lowest BCUT2D eigenvalue weighted by Crippen LogP contribution is -2.52. The van der Waals surface area contributed by atoms with Crippen LogP contribution < -0.4 is 5.32 Å². The molecule has 0 saturated carbocycles. The Morgan fingerprint density at radius 1 is 0.900 bits per heavy atom. The minimum Gasteiger partial charge on any atom is -0.352 e. The number of nitrogens with zero attached hydrogens (tertiary/aromatic N) is 2. The summed E-state index contributed by atoms with van der Waals surface area (Å²) < 4.78 is 0.881. The molecule has 0 aromatic heterocycles. The summed E-state index contributed by atoms with van der Waals surface area (Å²) >= 11 is 3.50. The zero-order valence-electron chi connectivity index (χ0n) is 22.8. The lowest BCUT2D eigenvalue weighted by Gasteiger charge is -2.32. The summed E-state index contributed by atoms with van der Waals surface area (Å²) in [7, 11) is 0. The predicted molar refractivity (Wildman–Crippen MR) is 158 cm³/mol. The van der Waals surface area contributed by atoms with Gasteiger partial charge in [0.25, 0.3) is 11.8 Å². The topological polar surface area (TPSA) is 86.8 Å². The average molecular weight is 605 g/mol. The Morgan fingerprint density at radius 2 is 1.52 bits per heavy atom. The molecule has 208 valence electrons. The normalized spacial score (nSPS) is 14.0. The molecule has 0 bridgehead atoms. The number of carbonyl (C=O) groups excluding carboxylic acids is 4. The second-order valence-electron chi connectivity index (χ2n) is 10.1. The van der Waals surface area contributed by atoms with E-state index >= 15 is 0 Å². The molecule has 8 heteroatoms. The Hall–Kier alpha value is -3.78. The zero-order chi connectivity index (χ0) is 28.6. The lowest BCUT2D eigenvalue weighted by atomic mass is 10.0. The van der Waals surface area contributed by atoms with E-state index in [1.165, 1.54) is 4.90 Å². The highest BCUT2D eigenvalue weighted by Crippen LogP contribution is 2.24. The van der Waals surface area contributed by atoms with Gasteiger partial charge in [0.2, 0.25) is 11.8 Å². The van der Waals surface area contributed by atoms with Gasteiger partial charge in [0.1, 0.15) is 6.04 Å². The van der Waals surface area contributed by atoms with E-state index in [0.29, 0.717) is 24.0 Å². The van der Waals surface area contributed by atoms with Crippen LogP contribution in [0.2, 0.25) is 0 Å². The van der Waals surface area contributed by atoms with Crippen LogP contribution in [0.1, 0.15) is 65.0 Å². The van der Waals surface area contributed by atoms with E-state index in [9.17, 15) is 19.2 Å². The van der Waals surface area contributed by atoms with E-state index in [-0.39, 0.29) is 49.2 Å². The van der Waals surface area contributed by atoms with Crippen molar-refractivity contribution >= 4 is 39.6 Å². The van der Waals surface area contributed by atoms with Gasteiger partial charge in [0.05, 0.1) is 11.1 Å². The first-order chi connectivity index (χ1) is 19.3. The van der Waals surface area contributed by atoms with Crippen LogP contribution in [0.5, 0.6) is 0 Å². The molecule has 4 rings (SSSR count). The van der Waals surface area contributed by atoms with Crippen molar-refractivity contribution in [1.29, 1.82) is 0 Å². The minimum absolute atomic E-state index is 0.0394. The standard InChI is InChI=1S/C32H34BrN3O4/c1-3-22(2)34-30(38)28(20-23-11-5-4-6-12-23)36(21-24-13-9-14-25(33)19-24)29(37)17-10-18-35-31(39)26-15-7-8-16-27(26)32(35)40/h4-9,11-16,19,22,28H,3,10,17-18,20-21H2,1-2H3,(H,34,38)/t22-,28-/m0/s1. The second-order valence-corrected chi connectivity index (χ2v) is 11.0. The highest BCUT2D eigenvalue weighted by molar-refractivity contribution is 9.10. The lowest BCUT2D eigenvalue weighted by molar-refractivity contribution is -0.141. The molecule has 0 aliphatic carbocycles. The van der Waals surface area contributed by atoms with Crippen molar-refractivity contribution in [1.82, 2.24) is 15.1 Å². The Kier molecular flexibility index (Phi) is 9.88. The fourth-order valence-electron chi connectivity index (χ4n) is 4.80. The van der Waals surface area contributed by atoms with Crippen LogP contribution in [0.4, 0.5) is 0 Å². The van der Waals surface area contributed by atoms with Crippen molar-refractivity contribution < 1.29 is 19.2 Å². The number of benzene rings is 3. The zero-order valence-corrected chi connectivity index (χ0v) is 24.4. The first kappa shape index (κ1) is 29.2. The molecule has 0 radical (unpaired) electrons. The summed E-state index contributed by atoms with van der Waals surface area (Å²) in [5.74, 6) is -1.10. The number of carbonyl (C=O) groups is 4. The van der Waals surface area contributed by atoms with Crippen LogP contribution in [0, 0.1) is 0 Å². The number of halogens is 1. The van der Waals surface area contributed by atoms with Gasteiger partial charge in [0.15, 0.2) is 0 Å². The highest BCUT2D eigenvalue weighted by Gasteiger charge is 2.35. The van der Waals surface area contributed by atoms with Crippen molar-refractivity contribution in [2.75, 3.05) is 6.54 Å². The monoisotopic (exact) mass is 603 g/mol. The van der Waals surface area contributed by atoms with E-state index in [1.54, 1.807) is 29.2 Å². The number of rotatable bonds is 12. The summed E-state index contributed by atoms with van der Waals surface area (Å²) in [6, 6.07) is 23.3. The predicted octanol–water partition coefficient (Wildman–Crippen LogP) is 5.38. The number of imide groups is 1. The number of amides is 4. The fourth-order valence-corrected chi connectivity index (χ4v) is 5.25. The van der Waals surface area contributed by atoms with Gasteiger partial charge in [0, 0.05) is 36.4 Å². The SMILES string of the molecule is CC[C@H](C)NC(=O)[C@H](Cc1ccccc1)N(Cc1cccc(Br)c1)C(=O)CCCN1C(=O)c2ccccc2C1=O. The molecule has 4 amide bonds. The molecule has 7 nitrogen and oxygen atoms in total. The van der Waals surface area contributed by atoms with Crippen LogP contribution in [0.3, 0.4) is 0 Å². The van der Waals surface area contributed by atoms with Crippen molar-refractivity contribution in [3.05, 3.63) is 106 Å². The van der Waals surface area contributed by atoms with Crippen LogP contribution in [-0.4, -0.2) is 52.1 Å². The number of hydrogen-bond acceptors (Lipinski definition) is 4. The summed E-state index contributed by atoms with van der Waals surface area (Å²) in [4.78, 5) is 55.8. The van der Waals surface area contributed by atoms with Crippen molar-refractivity contribution in [2.45, 2.75) is 58.2 Å². The maximum atomic E-state index is 13.8. The van der Waals surface area contributed by atoms with Gasteiger partial charge < -0.3 is 10.2 Å². The number of nitrogens with one attached hydrogen (secondary N) is 1. The second kappa shape index (κ2) is 13.5. The first-order valence-corrected chi connectivity index (χ1v) is 14.4. The summed E-state index contributed by atoms with van der Waals surface area (Å²) in [5.41, 5.74) is 2.61. The smallest absolute Gasteiger partial charge is 0.261 e. The Balaban J connectivity index is 1.55. The van der Waals surface area contributed by atoms with Crippen LogP contribution in [-0.2, 0) is 22.6 Å². The minimum atomic E-state index is -0.734. The van der Waals surface area contributed by atoms with Gasteiger partial charge in [-0.15, -0.1) is 0 Å². The highest BCUT2D eigenvalue weighted by atomic mass is 79.9.